The van der Waals surface area contributed by atoms with Crippen molar-refractivity contribution in [2.24, 2.45) is 5.92 Å². The summed E-state index contributed by atoms with van der Waals surface area (Å²) in [4.78, 5) is 14.0. The second kappa shape index (κ2) is 16.2. The van der Waals surface area contributed by atoms with Crippen LogP contribution in [0.25, 0.3) is 66.9 Å². The second-order valence-electron chi connectivity index (χ2n) is 15.4. The van der Waals surface area contributed by atoms with Gasteiger partial charge in [-0.2, -0.15) is 0 Å². The van der Waals surface area contributed by atoms with Crippen molar-refractivity contribution in [3.05, 3.63) is 132 Å². The SMILES string of the molecule is [2H]C([2H])([2H])c1c[c-]c(-c2cc(CC(C)C)c([Si](C)(C)C)cn2)c(F)c1.[2H]C([2H])([2H])c1ccc(-c2cnc3oc4c(-c5nc6ccccc6n5C(C)C)[c-]ccc4c3c2)cc1.[Ir]. The molecular formula is C47H47FIrN4OSi-2. The maximum absolute atomic E-state index is 14.5. The average Bonchev–Trinajstić information content (AvgIpc) is 3.75. The van der Waals surface area contributed by atoms with Gasteiger partial charge in [0.1, 0.15) is 0 Å². The molecule has 8 heteroatoms. The monoisotopic (exact) mass is 929 g/mol. The summed E-state index contributed by atoms with van der Waals surface area (Å²) in [5, 5.41) is 3.11. The van der Waals surface area contributed by atoms with Gasteiger partial charge < -0.3 is 14.0 Å². The predicted molar refractivity (Wildman–Crippen MR) is 224 cm³/mol. The van der Waals surface area contributed by atoms with E-state index in [1.807, 2.05) is 60.8 Å². The fourth-order valence-electron chi connectivity index (χ4n) is 6.94. The van der Waals surface area contributed by atoms with Gasteiger partial charge >= 0.3 is 0 Å². The molecule has 8 aromatic rings. The van der Waals surface area contributed by atoms with Crippen LogP contribution >= 0.6 is 0 Å². The van der Waals surface area contributed by atoms with Crippen molar-refractivity contribution >= 4 is 46.4 Å². The third-order valence-corrected chi connectivity index (χ3v) is 11.5. The number of halogens is 1. The number of pyridine rings is 2. The van der Waals surface area contributed by atoms with E-state index in [9.17, 15) is 4.39 Å². The van der Waals surface area contributed by atoms with Crippen LogP contribution in [-0.4, -0.2) is 27.6 Å². The van der Waals surface area contributed by atoms with Crippen LogP contribution in [-0.2, 0) is 26.5 Å². The van der Waals surface area contributed by atoms with Gasteiger partial charge in [-0.15, -0.1) is 42.0 Å². The van der Waals surface area contributed by atoms with E-state index in [4.69, 9.17) is 17.6 Å². The molecule has 0 unspecified atom stereocenters. The van der Waals surface area contributed by atoms with Gasteiger partial charge in [0.05, 0.1) is 30.5 Å². The summed E-state index contributed by atoms with van der Waals surface area (Å²) in [6.07, 6.45) is 4.52. The van der Waals surface area contributed by atoms with Gasteiger partial charge in [0.15, 0.2) is 0 Å². The van der Waals surface area contributed by atoms with Crippen molar-refractivity contribution in [1.29, 1.82) is 0 Å². The quantitative estimate of drug-likeness (QED) is 0.118. The number of furan rings is 1. The number of hydrogen-bond acceptors (Lipinski definition) is 4. The van der Waals surface area contributed by atoms with E-state index in [1.165, 1.54) is 16.8 Å². The van der Waals surface area contributed by atoms with E-state index >= 15 is 0 Å². The number of hydrogen-bond donors (Lipinski definition) is 0. The number of imidazole rings is 1. The van der Waals surface area contributed by atoms with E-state index in [2.05, 4.69) is 80.1 Å². The zero-order chi connectivity index (χ0) is 43.3. The standard InChI is InChI=1S/C28H22N3O.C19H25FNSi.Ir/c1-17(2)31-25-10-5-4-9-24(25)30-27(31)22-8-6-7-21-23-15-20(16-29-28(23)32-26(21)22)19-13-11-18(3)12-14-19;1-13(2)9-15-11-18(21-12-19(15)22(4,5)6)16-8-7-14(3)10-17(16)20;/h4-7,9-17H,1-3H3;7,10-13H,9H2,1-6H3;/q2*-1;/i2*3D3;. The molecule has 0 aliphatic carbocycles. The number of rotatable bonds is 7. The number of para-hydroxylation sites is 2. The van der Waals surface area contributed by atoms with Crippen molar-refractivity contribution in [1.82, 2.24) is 19.5 Å². The van der Waals surface area contributed by atoms with E-state index in [0.717, 1.165) is 56.8 Å². The van der Waals surface area contributed by atoms with Gasteiger partial charge in [0.25, 0.3) is 0 Å². The normalized spacial score (nSPS) is 13.8. The molecule has 4 heterocycles. The molecule has 55 heavy (non-hydrogen) atoms. The van der Waals surface area contributed by atoms with E-state index in [0.29, 0.717) is 28.5 Å². The Morgan fingerprint density at radius 3 is 2.29 bits per heavy atom. The van der Waals surface area contributed by atoms with Gasteiger partial charge in [0, 0.05) is 63.5 Å². The van der Waals surface area contributed by atoms with Crippen molar-refractivity contribution in [3.8, 4) is 33.8 Å². The smallest absolute Gasteiger partial charge is 0.216 e. The first-order chi connectivity index (χ1) is 28.2. The van der Waals surface area contributed by atoms with Crippen LogP contribution in [0.2, 0.25) is 19.6 Å². The molecule has 8 rings (SSSR count). The third kappa shape index (κ3) is 8.28. The summed E-state index contributed by atoms with van der Waals surface area (Å²) in [5.74, 6) is 0.695. The van der Waals surface area contributed by atoms with Gasteiger partial charge in [-0.1, -0.05) is 110 Å². The fraction of sp³-hybridized carbons (Fsp3) is 0.255. The van der Waals surface area contributed by atoms with Crippen molar-refractivity contribution in [2.45, 2.75) is 73.5 Å². The number of aryl methyl sites for hydroxylation is 2. The molecule has 0 saturated carbocycles. The second-order valence-corrected chi connectivity index (χ2v) is 20.5. The van der Waals surface area contributed by atoms with Crippen LogP contribution in [0.3, 0.4) is 0 Å². The van der Waals surface area contributed by atoms with E-state index < -0.39 is 27.6 Å². The minimum Gasteiger partial charge on any atom is -0.486 e. The molecule has 5 nitrogen and oxygen atoms in total. The van der Waals surface area contributed by atoms with Crippen LogP contribution in [0.1, 0.15) is 58.7 Å². The Kier molecular flexibility index (Phi) is 9.54. The zero-order valence-electron chi connectivity index (χ0n) is 38.0. The van der Waals surface area contributed by atoms with Gasteiger partial charge in [0.2, 0.25) is 5.71 Å². The first-order valence-corrected chi connectivity index (χ1v) is 21.7. The van der Waals surface area contributed by atoms with Crippen molar-refractivity contribution in [3.63, 3.8) is 0 Å². The Hall–Kier alpha value is -4.75. The van der Waals surface area contributed by atoms with Gasteiger partial charge in [-0.25, -0.2) is 4.98 Å². The Bertz CT molecular complexity index is 2840. The molecule has 0 atom stereocenters. The van der Waals surface area contributed by atoms with Crippen molar-refractivity contribution < 1.29 is 37.1 Å². The molecule has 0 spiro atoms. The molecule has 283 valence electrons. The number of aromatic nitrogens is 4. The molecule has 0 saturated heterocycles. The average molecular weight is 929 g/mol. The third-order valence-electron chi connectivity index (χ3n) is 9.42. The Balaban J connectivity index is 0.000000213. The predicted octanol–water partition coefficient (Wildman–Crippen LogP) is 12.1. The summed E-state index contributed by atoms with van der Waals surface area (Å²) < 4.78 is 67.9. The summed E-state index contributed by atoms with van der Waals surface area (Å²) in [5.41, 5.74) is 8.02. The topological polar surface area (TPSA) is 56.7 Å². The summed E-state index contributed by atoms with van der Waals surface area (Å²) in [6, 6.07) is 31.6. The summed E-state index contributed by atoms with van der Waals surface area (Å²) in [7, 11) is -1.56. The molecule has 0 N–H and O–H groups in total. The molecule has 0 aliphatic rings. The maximum Gasteiger partial charge on any atom is 0.216 e. The first kappa shape index (κ1) is 32.5. The Morgan fingerprint density at radius 2 is 1.60 bits per heavy atom. The molecule has 4 aromatic heterocycles. The number of fused-ring (bicyclic) bond motifs is 4. The Morgan fingerprint density at radius 1 is 0.836 bits per heavy atom. The Labute approximate surface area is 346 Å². The first-order valence-electron chi connectivity index (χ1n) is 21.2. The van der Waals surface area contributed by atoms with Crippen LogP contribution in [0, 0.1) is 37.6 Å². The number of nitrogens with zero attached hydrogens (tertiary/aromatic N) is 4. The molecule has 0 aliphatic heterocycles. The zero-order valence-corrected chi connectivity index (χ0v) is 35.4. The summed E-state index contributed by atoms with van der Waals surface area (Å²) in [6.45, 7) is 10.9. The van der Waals surface area contributed by atoms with Gasteiger partial charge in [-0.05, 0) is 67.7 Å². The van der Waals surface area contributed by atoms with Crippen LogP contribution < -0.4 is 5.19 Å². The van der Waals surface area contributed by atoms with Gasteiger partial charge in [-0.3, -0.25) is 9.37 Å². The fourth-order valence-corrected chi connectivity index (χ4v) is 8.53. The molecule has 1 radical (unpaired) electrons. The van der Waals surface area contributed by atoms with Crippen LogP contribution in [0.4, 0.5) is 4.39 Å². The molecule has 4 aromatic carbocycles. The molecule has 0 bridgehead atoms. The molecule has 0 fully saturated rings. The maximum atomic E-state index is 14.5. The minimum atomic E-state index is -2.34. The largest absolute Gasteiger partial charge is 0.486 e. The number of benzene rings is 4. The molecular weight excluding hydrogens is 876 g/mol. The van der Waals surface area contributed by atoms with Crippen molar-refractivity contribution in [2.75, 3.05) is 0 Å². The van der Waals surface area contributed by atoms with E-state index in [1.54, 1.807) is 18.3 Å². The van der Waals surface area contributed by atoms with E-state index in [-0.39, 0.29) is 37.3 Å². The minimum absolute atomic E-state index is 0. The van der Waals surface area contributed by atoms with Crippen LogP contribution in [0.5, 0.6) is 0 Å². The summed E-state index contributed by atoms with van der Waals surface area (Å²) >= 11 is 0. The molecule has 0 amide bonds. The van der Waals surface area contributed by atoms with Crippen LogP contribution in [0.15, 0.2) is 102 Å².